The van der Waals surface area contributed by atoms with E-state index in [0.717, 1.165) is 34.6 Å². The summed E-state index contributed by atoms with van der Waals surface area (Å²) >= 11 is 0. The van der Waals surface area contributed by atoms with Crippen LogP contribution in [0.15, 0.2) is 65.9 Å². The average Bonchev–Trinajstić information content (AvgIpc) is 2.82. The number of esters is 1. The standard InChI is InChI=1S/C24H26N2O3/c1-24(2)13-18-22(20(27)14-24)23(16-9-5-4-6-10-16)26(15-21(28)29-3)19-12-8-7-11-17(19)25-18/h4-12,23,25H,13-15H2,1-3H3/t23-/m0/s1. The first-order chi connectivity index (χ1) is 13.9. The average molecular weight is 390 g/mol. The van der Waals surface area contributed by atoms with Crippen LogP contribution in [0.2, 0.25) is 0 Å². The number of allylic oxidation sites excluding steroid dienone is 1. The molecule has 0 spiro atoms. The van der Waals surface area contributed by atoms with E-state index >= 15 is 0 Å². The van der Waals surface area contributed by atoms with Gasteiger partial charge in [0.15, 0.2) is 5.78 Å². The molecule has 0 saturated heterocycles. The van der Waals surface area contributed by atoms with E-state index in [1.54, 1.807) is 0 Å². The van der Waals surface area contributed by atoms with Gasteiger partial charge in [0.1, 0.15) is 6.54 Å². The summed E-state index contributed by atoms with van der Waals surface area (Å²) in [5.74, 6) is -0.214. The van der Waals surface area contributed by atoms with Crippen LogP contribution in [0.5, 0.6) is 0 Å². The Hall–Kier alpha value is -3.08. The van der Waals surface area contributed by atoms with Gasteiger partial charge in [-0.25, -0.2) is 0 Å². The molecule has 0 unspecified atom stereocenters. The second kappa shape index (κ2) is 7.39. The molecular weight excluding hydrogens is 364 g/mol. The minimum atomic E-state index is -0.356. The number of nitrogens with one attached hydrogen (secondary N) is 1. The number of benzene rings is 2. The van der Waals surface area contributed by atoms with E-state index in [0.29, 0.717) is 6.42 Å². The number of hydrogen-bond acceptors (Lipinski definition) is 5. The second-order valence-electron chi connectivity index (χ2n) is 8.49. The smallest absolute Gasteiger partial charge is 0.325 e. The summed E-state index contributed by atoms with van der Waals surface area (Å²) in [6.07, 6.45) is 1.26. The molecule has 2 aromatic rings. The van der Waals surface area contributed by atoms with Gasteiger partial charge < -0.3 is 15.0 Å². The van der Waals surface area contributed by atoms with Gasteiger partial charge in [0.25, 0.3) is 0 Å². The fourth-order valence-electron chi connectivity index (χ4n) is 4.41. The summed E-state index contributed by atoms with van der Waals surface area (Å²) in [7, 11) is 1.39. The summed E-state index contributed by atoms with van der Waals surface area (Å²) in [5, 5.41) is 3.53. The Morgan fingerprint density at radius 1 is 1.10 bits per heavy atom. The molecule has 0 amide bonds. The first-order valence-electron chi connectivity index (χ1n) is 9.90. The monoisotopic (exact) mass is 390 g/mol. The molecule has 5 nitrogen and oxygen atoms in total. The fourth-order valence-corrected chi connectivity index (χ4v) is 4.41. The van der Waals surface area contributed by atoms with Crippen LogP contribution in [0.3, 0.4) is 0 Å². The topological polar surface area (TPSA) is 58.6 Å². The number of carbonyl (C=O) groups excluding carboxylic acids is 2. The number of methoxy groups -OCH3 is 1. The third-order valence-electron chi connectivity index (χ3n) is 5.65. The van der Waals surface area contributed by atoms with Gasteiger partial charge in [-0.05, 0) is 29.5 Å². The number of para-hydroxylation sites is 2. The number of fused-ring (bicyclic) bond motifs is 1. The SMILES string of the molecule is COC(=O)CN1c2ccccc2NC2=C(C(=O)CC(C)(C)C2)[C@@H]1c1ccccc1. The Morgan fingerprint density at radius 3 is 2.52 bits per heavy atom. The molecule has 5 heteroatoms. The summed E-state index contributed by atoms with van der Waals surface area (Å²) in [6, 6.07) is 17.4. The minimum Gasteiger partial charge on any atom is -0.468 e. The van der Waals surface area contributed by atoms with Crippen molar-refractivity contribution in [2.24, 2.45) is 5.41 Å². The van der Waals surface area contributed by atoms with Crippen LogP contribution in [0.1, 0.15) is 38.3 Å². The third kappa shape index (κ3) is 3.65. The van der Waals surface area contributed by atoms with Crippen LogP contribution in [-0.4, -0.2) is 25.4 Å². The zero-order valence-corrected chi connectivity index (χ0v) is 17.1. The Balaban J connectivity index is 1.96. The highest BCUT2D eigenvalue weighted by molar-refractivity contribution is 6.01. The number of ketones is 1. The molecule has 0 saturated carbocycles. The predicted molar refractivity (Wildman–Crippen MR) is 114 cm³/mol. The lowest BCUT2D eigenvalue weighted by Gasteiger charge is -2.37. The molecule has 0 bridgehead atoms. The van der Waals surface area contributed by atoms with Crippen LogP contribution in [0, 0.1) is 5.41 Å². The maximum Gasteiger partial charge on any atom is 0.325 e. The molecule has 2 aromatic carbocycles. The maximum atomic E-state index is 13.4. The molecule has 150 valence electrons. The Bertz CT molecular complexity index is 979. The third-order valence-corrected chi connectivity index (χ3v) is 5.65. The quantitative estimate of drug-likeness (QED) is 0.784. The highest BCUT2D eigenvalue weighted by atomic mass is 16.5. The number of rotatable bonds is 3. The first kappa shape index (κ1) is 19.2. The predicted octanol–water partition coefficient (Wildman–Crippen LogP) is 4.48. The summed E-state index contributed by atoms with van der Waals surface area (Å²) in [6.45, 7) is 4.30. The fraction of sp³-hybridized carbons (Fsp3) is 0.333. The normalized spacial score (nSPS) is 20.3. The van der Waals surface area contributed by atoms with Crippen molar-refractivity contribution < 1.29 is 14.3 Å². The van der Waals surface area contributed by atoms with Crippen molar-refractivity contribution in [1.82, 2.24) is 0 Å². The Labute approximate surface area is 171 Å². The van der Waals surface area contributed by atoms with Gasteiger partial charge in [-0.15, -0.1) is 0 Å². The minimum absolute atomic E-state index is 0.0577. The molecule has 1 heterocycles. The van der Waals surface area contributed by atoms with Gasteiger partial charge >= 0.3 is 5.97 Å². The molecule has 0 aromatic heterocycles. The van der Waals surface area contributed by atoms with Crippen LogP contribution in [0.25, 0.3) is 0 Å². The highest BCUT2D eigenvalue weighted by Crippen LogP contribution is 2.48. The first-order valence-corrected chi connectivity index (χ1v) is 9.90. The Morgan fingerprint density at radius 2 is 1.79 bits per heavy atom. The molecule has 29 heavy (non-hydrogen) atoms. The van der Waals surface area contributed by atoms with E-state index in [1.807, 2.05) is 59.5 Å². The molecule has 4 rings (SSSR count). The lowest BCUT2D eigenvalue weighted by atomic mass is 9.73. The lowest BCUT2D eigenvalue weighted by molar-refractivity contribution is -0.139. The van der Waals surface area contributed by atoms with E-state index in [-0.39, 0.29) is 29.8 Å². The zero-order valence-electron chi connectivity index (χ0n) is 17.1. The molecule has 0 fully saturated rings. The molecule has 1 aliphatic heterocycles. The van der Waals surface area contributed by atoms with Gasteiger partial charge in [-0.3, -0.25) is 9.59 Å². The van der Waals surface area contributed by atoms with Crippen molar-refractivity contribution in [3.63, 3.8) is 0 Å². The van der Waals surface area contributed by atoms with Crippen LogP contribution < -0.4 is 10.2 Å². The van der Waals surface area contributed by atoms with Crippen LogP contribution in [-0.2, 0) is 14.3 Å². The Kier molecular flexibility index (Phi) is 4.91. The van der Waals surface area contributed by atoms with E-state index in [9.17, 15) is 9.59 Å². The van der Waals surface area contributed by atoms with Crippen molar-refractivity contribution in [1.29, 1.82) is 0 Å². The van der Waals surface area contributed by atoms with Gasteiger partial charge in [0.2, 0.25) is 0 Å². The van der Waals surface area contributed by atoms with E-state index < -0.39 is 0 Å². The number of Topliss-reactive ketones (excluding diaryl/α,β-unsaturated/α-hetero) is 1. The van der Waals surface area contributed by atoms with Crippen LogP contribution >= 0.6 is 0 Å². The van der Waals surface area contributed by atoms with Crippen molar-refractivity contribution in [2.45, 2.75) is 32.7 Å². The van der Waals surface area contributed by atoms with Gasteiger partial charge in [-0.1, -0.05) is 56.3 Å². The largest absolute Gasteiger partial charge is 0.468 e. The lowest BCUT2D eigenvalue weighted by Crippen LogP contribution is -2.39. The molecule has 2 aliphatic rings. The van der Waals surface area contributed by atoms with Gasteiger partial charge in [0, 0.05) is 17.7 Å². The number of nitrogens with zero attached hydrogens (tertiary/aromatic N) is 1. The van der Waals surface area contributed by atoms with E-state index in [2.05, 4.69) is 19.2 Å². The highest BCUT2D eigenvalue weighted by Gasteiger charge is 2.41. The molecule has 0 radical (unpaired) electrons. The van der Waals surface area contributed by atoms with E-state index in [4.69, 9.17) is 4.74 Å². The number of carbonyl (C=O) groups is 2. The van der Waals surface area contributed by atoms with Crippen LogP contribution in [0.4, 0.5) is 11.4 Å². The number of anilines is 2. The zero-order chi connectivity index (χ0) is 20.6. The maximum absolute atomic E-state index is 13.4. The summed E-state index contributed by atoms with van der Waals surface area (Å²) in [4.78, 5) is 27.7. The summed E-state index contributed by atoms with van der Waals surface area (Å²) < 4.78 is 4.99. The van der Waals surface area contributed by atoms with Crippen molar-refractivity contribution in [3.05, 3.63) is 71.4 Å². The molecule has 1 aliphatic carbocycles. The number of hydrogen-bond donors (Lipinski definition) is 1. The van der Waals surface area contributed by atoms with Crippen molar-refractivity contribution >= 4 is 23.1 Å². The summed E-state index contributed by atoms with van der Waals surface area (Å²) in [5.41, 5.74) is 4.34. The second-order valence-corrected chi connectivity index (χ2v) is 8.49. The van der Waals surface area contributed by atoms with Crippen molar-refractivity contribution in [3.8, 4) is 0 Å². The van der Waals surface area contributed by atoms with Gasteiger partial charge in [0.05, 0.1) is 24.5 Å². The molecule has 1 N–H and O–H groups in total. The molecular formula is C24H26N2O3. The van der Waals surface area contributed by atoms with Gasteiger partial charge in [-0.2, -0.15) is 0 Å². The van der Waals surface area contributed by atoms with Crippen molar-refractivity contribution in [2.75, 3.05) is 23.9 Å². The van der Waals surface area contributed by atoms with E-state index in [1.165, 1.54) is 7.11 Å². The molecule has 1 atom stereocenters. The number of ether oxygens (including phenoxy) is 1.